The second-order valence-corrected chi connectivity index (χ2v) is 6.53. The first kappa shape index (κ1) is 15.1. The van der Waals surface area contributed by atoms with Gasteiger partial charge in [-0.15, -0.1) is 0 Å². The molecule has 1 aliphatic rings. The first-order chi connectivity index (χ1) is 8.96. The fourth-order valence-electron chi connectivity index (χ4n) is 2.60. The van der Waals surface area contributed by atoms with Gasteiger partial charge in [0, 0.05) is 46.8 Å². The highest BCUT2D eigenvalue weighted by Gasteiger charge is 2.35. The zero-order valence-electron chi connectivity index (χ0n) is 11.8. The summed E-state index contributed by atoms with van der Waals surface area (Å²) in [6.45, 7) is 9.60. The molecule has 1 aliphatic heterocycles. The number of nitrogens with one attached hydrogen (secondary N) is 1. The van der Waals surface area contributed by atoms with E-state index in [4.69, 9.17) is 23.2 Å². The molecule has 2 rings (SSSR count). The molecule has 1 saturated heterocycles. The Morgan fingerprint density at radius 2 is 2.00 bits per heavy atom. The van der Waals surface area contributed by atoms with Gasteiger partial charge < -0.3 is 5.32 Å². The molecule has 0 amide bonds. The molecule has 1 fully saturated rings. The number of piperazine rings is 1. The van der Waals surface area contributed by atoms with Crippen LogP contribution in [0.5, 0.6) is 0 Å². The van der Waals surface area contributed by atoms with Gasteiger partial charge in [-0.05, 0) is 32.4 Å². The Bertz CT molecular complexity index is 430. The van der Waals surface area contributed by atoms with E-state index in [0.29, 0.717) is 6.04 Å². The molecular weight excluding hydrogens is 279 g/mol. The Morgan fingerprint density at radius 1 is 1.37 bits per heavy atom. The summed E-state index contributed by atoms with van der Waals surface area (Å²) < 4.78 is 0. The molecule has 2 atom stereocenters. The van der Waals surface area contributed by atoms with Crippen molar-refractivity contribution in [2.24, 2.45) is 0 Å². The maximum atomic E-state index is 6.29. The average Bonchev–Trinajstić information content (AvgIpc) is 2.38. The van der Waals surface area contributed by atoms with Crippen molar-refractivity contribution in [3.63, 3.8) is 0 Å². The van der Waals surface area contributed by atoms with Crippen LogP contribution in [0.15, 0.2) is 18.2 Å². The predicted molar refractivity (Wildman–Crippen MR) is 83.0 cm³/mol. The Balaban J connectivity index is 2.24. The van der Waals surface area contributed by atoms with Crippen molar-refractivity contribution >= 4 is 23.2 Å². The van der Waals surface area contributed by atoms with E-state index in [1.807, 2.05) is 18.2 Å². The lowest BCUT2D eigenvalue weighted by Crippen LogP contribution is -2.61. The Labute approximate surface area is 126 Å². The zero-order valence-corrected chi connectivity index (χ0v) is 13.4. The average molecular weight is 301 g/mol. The van der Waals surface area contributed by atoms with E-state index >= 15 is 0 Å². The van der Waals surface area contributed by atoms with Gasteiger partial charge in [-0.1, -0.05) is 36.2 Å². The van der Waals surface area contributed by atoms with Gasteiger partial charge in [0.25, 0.3) is 0 Å². The molecule has 0 radical (unpaired) electrons. The lowest BCUT2D eigenvalue weighted by molar-refractivity contribution is 0.0454. The molecular formula is C15H22Cl2N2. The summed E-state index contributed by atoms with van der Waals surface area (Å²) in [5.74, 6) is 0. The highest BCUT2D eigenvalue weighted by Crippen LogP contribution is 2.30. The lowest BCUT2D eigenvalue weighted by Gasteiger charge is -2.47. The third kappa shape index (κ3) is 3.25. The van der Waals surface area contributed by atoms with Crippen LogP contribution < -0.4 is 5.32 Å². The van der Waals surface area contributed by atoms with Crippen LogP contribution in [0, 0.1) is 0 Å². The van der Waals surface area contributed by atoms with Crippen molar-refractivity contribution < 1.29 is 0 Å². The third-order valence-electron chi connectivity index (χ3n) is 4.26. The molecule has 4 heteroatoms. The highest BCUT2D eigenvalue weighted by atomic mass is 35.5. The number of hydrogen-bond acceptors (Lipinski definition) is 2. The zero-order chi connectivity index (χ0) is 14.0. The minimum atomic E-state index is 0.162. The molecule has 19 heavy (non-hydrogen) atoms. The molecule has 1 heterocycles. The second-order valence-electron chi connectivity index (χ2n) is 5.71. The molecule has 1 aromatic carbocycles. The van der Waals surface area contributed by atoms with Crippen molar-refractivity contribution in [2.45, 2.75) is 45.3 Å². The largest absolute Gasteiger partial charge is 0.311 e. The third-order valence-corrected chi connectivity index (χ3v) is 4.97. The maximum Gasteiger partial charge on any atom is 0.0465 e. The van der Waals surface area contributed by atoms with Crippen LogP contribution in [0.1, 0.15) is 32.8 Å². The Hall–Kier alpha value is -0.280. The predicted octanol–water partition coefficient (Wildman–Crippen LogP) is 3.96. The SMILES string of the molecule is CCC1(C)CNC(C)CN1Cc1c(Cl)cccc1Cl. The minimum absolute atomic E-state index is 0.162. The van der Waals surface area contributed by atoms with E-state index in [-0.39, 0.29) is 5.54 Å². The Kier molecular flexibility index (Phi) is 4.78. The van der Waals surface area contributed by atoms with E-state index in [1.165, 1.54) is 0 Å². The van der Waals surface area contributed by atoms with E-state index in [9.17, 15) is 0 Å². The maximum absolute atomic E-state index is 6.29. The van der Waals surface area contributed by atoms with Gasteiger partial charge in [-0.25, -0.2) is 0 Å². The molecule has 106 valence electrons. The number of hydrogen-bond donors (Lipinski definition) is 1. The van der Waals surface area contributed by atoms with Crippen LogP contribution in [0.3, 0.4) is 0 Å². The van der Waals surface area contributed by atoms with Gasteiger partial charge in [0.15, 0.2) is 0 Å². The lowest BCUT2D eigenvalue weighted by atomic mass is 9.91. The molecule has 1 aromatic rings. The molecule has 0 aliphatic carbocycles. The van der Waals surface area contributed by atoms with Crippen LogP contribution >= 0.6 is 23.2 Å². The minimum Gasteiger partial charge on any atom is -0.311 e. The molecule has 0 aromatic heterocycles. The molecule has 1 N–H and O–H groups in total. The fraction of sp³-hybridized carbons (Fsp3) is 0.600. The van der Waals surface area contributed by atoms with Crippen LogP contribution in [0.25, 0.3) is 0 Å². The van der Waals surface area contributed by atoms with Crippen molar-refractivity contribution in [3.8, 4) is 0 Å². The van der Waals surface area contributed by atoms with Crippen molar-refractivity contribution in [1.82, 2.24) is 10.2 Å². The molecule has 0 saturated carbocycles. The quantitative estimate of drug-likeness (QED) is 0.909. The summed E-state index contributed by atoms with van der Waals surface area (Å²) in [7, 11) is 0. The van der Waals surface area contributed by atoms with Gasteiger partial charge in [-0.2, -0.15) is 0 Å². The fourth-order valence-corrected chi connectivity index (χ4v) is 3.12. The standard InChI is InChI=1S/C15H22Cl2N2/c1-4-15(3)10-18-11(2)8-19(15)9-12-13(16)6-5-7-14(12)17/h5-7,11,18H,4,8-10H2,1-3H3. The van der Waals surface area contributed by atoms with E-state index < -0.39 is 0 Å². The molecule has 2 unspecified atom stereocenters. The first-order valence-corrected chi connectivity index (χ1v) is 7.63. The highest BCUT2D eigenvalue weighted by molar-refractivity contribution is 6.35. The smallest absolute Gasteiger partial charge is 0.0465 e. The summed E-state index contributed by atoms with van der Waals surface area (Å²) in [5, 5.41) is 5.08. The van der Waals surface area contributed by atoms with Gasteiger partial charge in [0.2, 0.25) is 0 Å². The van der Waals surface area contributed by atoms with Gasteiger partial charge >= 0.3 is 0 Å². The van der Waals surface area contributed by atoms with Crippen molar-refractivity contribution in [2.75, 3.05) is 13.1 Å². The first-order valence-electron chi connectivity index (χ1n) is 6.87. The topological polar surface area (TPSA) is 15.3 Å². The van der Waals surface area contributed by atoms with Crippen molar-refractivity contribution in [1.29, 1.82) is 0 Å². The van der Waals surface area contributed by atoms with Gasteiger partial charge in [0.1, 0.15) is 0 Å². The van der Waals surface area contributed by atoms with Crippen LogP contribution in [0.4, 0.5) is 0 Å². The van der Waals surface area contributed by atoms with Crippen LogP contribution in [-0.4, -0.2) is 29.6 Å². The summed E-state index contributed by atoms with van der Waals surface area (Å²) in [6, 6.07) is 6.23. The van der Waals surface area contributed by atoms with E-state index in [0.717, 1.165) is 41.7 Å². The number of nitrogens with zero attached hydrogens (tertiary/aromatic N) is 1. The van der Waals surface area contributed by atoms with Gasteiger partial charge in [-0.3, -0.25) is 4.90 Å². The van der Waals surface area contributed by atoms with E-state index in [1.54, 1.807) is 0 Å². The summed E-state index contributed by atoms with van der Waals surface area (Å²) in [6.07, 6.45) is 1.11. The molecule has 0 spiro atoms. The number of rotatable bonds is 3. The number of benzene rings is 1. The normalized spacial score (nSPS) is 28.6. The monoisotopic (exact) mass is 300 g/mol. The number of halogens is 2. The summed E-state index contributed by atoms with van der Waals surface area (Å²) >= 11 is 12.6. The van der Waals surface area contributed by atoms with Crippen molar-refractivity contribution in [3.05, 3.63) is 33.8 Å². The summed E-state index contributed by atoms with van der Waals surface area (Å²) in [4.78, 5) is 2.50. The molecule has 2 nitrogen and oxygen atoms in total. The second kappa shape index (κ2) is 6.01. The molecule has 0 bridgehead atoms. The van der Waals surface area contributed by atoms with Gasteiger partial charge in [0.05, 0.1) is 0 Å². The summed E-state index contributed by atoms with van der Waals surface area (Å²) in [5.41, 5.74) is 1.20. The Morgan fingerprint density at radius 3 is 2.58 bits per heavy atom. The van der Waals surface area contributed by atoms with Crippen LogP contribution in [-0.2, 0) is 6.54 Å². The van der Waals surface area contributed by atoms with Crippen LogP contribution in [0.2, 0.25) is 10.0 Å². The van der Waals surface area contributed by atoms with E-state index in [2.05, 4.69) is 31.0 Å².